The molecule has 1 heterocycles. The lowest BCUT2D eigenvalue weighted by atomic mass is 9.97. The number of amides is 3. The molecule has 0 bridgehead atoms. The number of rotatable bonds is 2. The second-order valence-corrected chi connectivity index (χ2v) is 4.84. The molecular weight excluding hydrogens is 274 g/mol. The molecule has 1 fully saturated rings. The maximum atomic E-state index is 11.8. The first-order chi connectivity index (χ1) is 10.1. The topological polar surface area (TPSA) is 108 Å². The third kappa shape index (κ3) is 4.28. The van der Waals surface area contributed by atoms with E-state index in [1.165, 1.54) is 24.3 Å². The predicted molar refractivity (Wildman–Crippen MR) is 75.5 cm³/mol. The lowest BCUT2D eigenvalue weighted by Crippen LogP contribution is -2.44. The molecule has 0 radical (unpaired) electrons. The van der Waals surface area contributed by atoms with Crippen molar-refractivity contribution in [1.82, 2.24) is 10.6 Å². The summed E-state index contributed by atoms with van der Waals surface area (Å²) in [5.41, 5.74) is 0.363. The number of anilines is 1. The number of aromatic hydroxyl groups is 1. The first-order valence-corrected chi connectivity index (χ1v) is 6.72. The fraction of sp³-hybridized carbons (Fsp3) is 0.357. The van der Waals surface area contributed by atoms with Crippen LogP contribution in [0.15, 0.2) is 24.3 Å². The number of phenolic OH excluding ortho intramolecular Hbond substituents is 1. The Morgan fingerprint density at radius 2 is 1.67 bits per heavy atom. The Labute approximate surface area is 121 Å². The van der Waals surface area contributed by atoms with E-state index in [0.29, 0.717) is 18.5 Å². The van der Waals surface area contributed by atoms with Crippen molar-refractivity contribution < 1.29 is 19.5 Å². The zero-order valence-electron chi connectivity index (χ0n) is 11.4. The maximum Gasteiger partial charge on any atom is 0.316 e. The Balaban J connectivity index is 1.85. The number of carbonyl (C=O) groups is 3. The lowest BCUT2D eigenvalue weighted by Gasteiger charge is -2.21. The number of piperidine rings is 1. The van der Waals surface area contributed by atoms with Crippen LogP contribution < -0.4 is 16.0 Å². The van der Waals surface area contributed by atoms with Gasteiger partial charge < -0.3 is 15.7 Å². The molecule has 1 aliphatic heterocycles. The van der Waals surface area contributed by atoms with Gasteiger partial charge in [-0.15, -0.1) is 0 Å². The molecule has 0 unspecified atom stereocenters. The van der Waals surface area contributed by atoms with Gasteiger partial charge >= 0.3 is 11.8 Å². The quantitative estimate of drug-likeness (QED) is 0.452. The Bertz CT molecular complexity index is 536. The van der Waals surface area contributed by atoms with Crippen LogP contribution in [-0.2, 0) is 14.4 Å². The van der Waals surface area contributed by atoms with E-state index < -0.39 is 17.7 Å². The van der Waals surface area contributed by atoms with Crippen LogP contribution in [-0.4, -0.2) is 35.9 Å². The van der Waals surface area contributed by atoms with E-state index >= 15 is 0 Å². The normalized spacial score (nSPS) is 15.2. The molecule has 0 atom stereocenters. The van der Waals surface area contributed by atoms with Crippen molar-refractivity contribution in [3.63, 3.8) is 0 Å². The van der Waals surface area contributed by atoms with E-state index in [2.05, 4.69) is 16.0 Å². The van der Waals surface area contributed by atoms with Crippen LogP contribution in [0.1, 0.15) is 12.8 Å². The molecule has 112 valence electrons. The molecule has 3 amide bonds. The molecule has 0 aliphatic carbocycles. The molecule has 1 aromatic rings. The van der Waals surface area contributed by atoms with Crippen LogP contribution in [0.4, 0.5) is 5.69 Å². The Hall–Kier alpha value is -2.41. The van der Waals surface area contributed by atoms with E-state index in [-0.39, 0.29) is 11.7 Å². The molecule has 0 saturated carbocycles. The van der Waals surface area contributed by atoms with Gasteiger partial charge in [0, 0.05) is 11.6 Å². The van der Waals surface area contributed by atoms with Crippen molar-refractivity contribution >= 4 is 23.4 Å². The number of benzene rings is 1. The first kappa shape index (κ1) is 15.0. The minimum absolute atomic E-state index is 0.0542. The van der Waals surface area contributed by atoms with Crippen LogP contribution in [0.5, 0.6) is 5.75 Å². The van der Waals surface area contributed by atoms with Crippen molar-refractivity contribution in [3.05, 3.63) is 24.3 Å². The van der Waals surface area contributed by atoms with E-state index in [0.717, 1.165) is 13.1 Å². The van der Waals surface area contributed by atoms with Gasteiger partial charge in [-0.05, 0) is 50.2 Å². The highest BCUT2D eigenvalue weighted by atomic mass is 16.3. The number of phenols is 1. The van der Waals surface area contributed by atoms with Crippen LogP contribution in [0.2, 0.25) is 0 Å². The highest BCUT2D eigenvalue weighted by Crippen LogP contribution is 2.14. The molecule has 0 aromatic heterocycles. The molecule has 4 N–H and O–H groups in total. The van der Waals surface area contributed by atoms with E-state index in [1.54, 1.807) is 0 Å². The van der Waals surface area contributed by atoms with Crippen LogP contribution in [0, 0.1) is 5.92 Å². The van der Waals surface area contributed by atoms with Crippen molar-refractivity contribution in [2.45, 2.75) is 12.8 Å². The van der Waals surface area contributed by atoms with Crippen LogP contribution in [0.3, 0.4) is 0 Å². The van der Waals surface area contributed by atoms with Gasteiger partial charge in [0.05, 0.1) is 0 Å². The highest BCUT2D eigenvalue weighted by molar-refractivity contribution is 6.41. The number of imide groups is 1. The zero-order valence-corrected chi connectivity index (χ0v) is 11.4. The number of hydrogen-bond acceptors (Lipinski definition) is 5. The van der Waals surface area contributed by atoms with Gasteiger partial charge in [0.2, 0.25) is 5.91 Å². The summed E-state index contributed by atoms with van der Waals surface area (Å²) >= 11 is 0. The van der Waals surface area contributed by atoms with Gasteiger partial charge in [-0.3, -0.25) is 19.7 Å². The number of carbonyl (C=O) groups excluding carboxylic acids is 3. The van der Waals surface area contributed by atoms with Gasteiger partial charge in [0.25, 0.3) is 0 Å². The third-order valence-electron chi connectivity index (χ3n) is 3.28. The predicted octanol–water partition coefficient (Wildman–Crippen LogP) is -0.0269. The third-order valence-corrected chi connectivity index (χ3v) is 3.28. The van der Waals surface area contributed by atoms with Gasteiger partial charge in [-0.2, -0.15) is 0 Å². The lowest BCUT2D eigenvalue weighted by molar-refractivity contribution is -0.141. The molecular formula is C14H17N3O4. The van der Waals surface area contributed by atoms with Gasteiger partial charge in [0.1, 0.15) is 5.75 Å². The molecule has 21 heavy (non-hydrogen) atoms. The van der Waals surface area contributed by atoms with E-state index in [1.807, 2.05) is 0 Å². The Kier molecular flexibility index (Phi) is 4.89. The summed E-state index contributed by atoms with van der Waals surface area (Å²) in [7, 11) is 0. The van der Waals surface area contributed by atoms with E-state index in [4.69, 9.17) is 5.11 Å². The van der Waals surface area contributed by atoms with Crippen LogP contribution in [0.25, 0.3) is 0 Å². The monoisotopic (exact) mass is 291 g/mol. The van der Waals surface area contributed by atoms with Crippen molar-refractivity contribution in [2.75, 3.05) is 18.4 Å². The van der Waals surface area contributed by atoms with Gasteiger partial charge in [-0.1, -0.05) is 0 Å². The van der Waals surface area contributed by atoms with E-state index in [9.17, 15) is 14.4 Å². The summed E-state index contributed by atoms with van der Waals surface area (Å²) in [6, 6.07) is 5.67. The standard InChI is InChI=1S/C14H17N3O4/c18-11-3-1-10(2-4-11)16-13(20)14(21)17-12(19)9-5-7-15-8-6-9/h1-4,9,15,18H,5-8H2,(H,16,20)(H,17,19,21). The summed E-state index contributed by atoms with van der Waals surface area (Å²) in [6.45, 7) is 1.46. The average Bonchev–Trinajstić information content (AvgIpc) is 2.50. The second kappa shape index (κ2) is 6.85. The molecule has 1 aromatic carbocycles. The molecule has 1 aliphatic rings. The summed E-state index contributed by atoms with van der Waals surface area (Å²) in [5, 5.41) is 16.7. The molecule has 0 spiro atoms. The molecule has 1 saturated heterocycles. The average molecular weight is 291 g/mol. The highest BCUT2D eigenvalue weighted by Gasteiger charge is 2.24. The van der Waals surface area contributed by atoms with Crippen molar-refractivity contribution in [2.24, 2.45) is 5.92 Å². The second-order valence-electron chi connectivity index (χ2n) is 4.84. The zero-order chi connectivity index (χ0) is 15.2. The smallest absolute Gasteiger partial charge is 0.316 e. The number of hydrogen-bond donors (Lipinski definition) is 4. The summed E-state index contributed by atoms with van der Waals surface area (Å²) in [4.78, 5) is 35.2. The van der Waals surface area contributed by atoms with Crippen molar-refractivity contribution in [1.29, 1.82) is 0 Å². The molecule has 7 heteroatoms. The maximum absolute atomic E-state index is 11.8. The van der Waals surface area contributed by atoms with Crippen molar-refractivity contribution in [3.8, 4) is 5.75 Å². The Morgan fingerprint density at radius 3 is 2.29 bits per heavy atom. The van der Waals surface area contributed by atoms with Crippen LogP contribution >= 0.6 is 0 Å². The summed E-state index contributed by atoms with van der Waals surface area (Å²) in [5.74, 6) is -2.49. The fourth-order valence-corrected chi connectivity index (χ4v) is 2.09. The SMILES string of the molecule is O=C(NC(=O)C1CCNCC1)C(=O)Nc1ccc(O)cc1. The number of nitrogens with one attached hydrogen (secondary N) is 3. The fourth-order valence-electron chi connectivity index (χ4n) is 2.09. The molecule has 2 rings (SSSR count). The first-order valence-electron chi connectivity index (χ1n) is 6.72. The summed E-state index contributed by atoms with van der Waals surface area (Å²) < 4.78 is 0. The van der Waals surface area contributed by atoms with Gasteiger partial charge in [-0.25, -0.2) is 0 Å². The van der Waals surface area contributed by atoms with Gasteiger partial charge in [0.15, 0.2) is 0 Å². The largest absolute Gasteiger partial charge is 0.508 e. The summed E-state index contributed by atoms with van der Waals surface area (Å²) in [6.07, 6.45) is 1.30. The minimum atomic E-state index is -0.980. The molecule has 7 nitrogen and oxygen atoms in total. The minimum Gasteiger partial charge on any atom is -0.508 e. The Morgan fingerprint density at radius 1 is 1.05 bits per heavy atom.